The SMILES string of the molecule is C=C1Oc2cc(/C=C/CC)cc(O)c2[C@@H]2C=C(C)CC[C@@H]12. The van der Waals surface area contributed by atoms with E-state index in [4.69, 9.17) is 4.74 Å². The summed E-state index contributed by atoms with van der Waals surface area (Å²) in [6.07, 6.45) is 9.45. The average molecular weight is 282 g/mol. The molecule has 0 aromatic heterocycles. The third-order valence-electron chi connectivity index (χ3n) is 4.42. The van der Waals surface area contributed by atoms with Gasteiger partial charge in [0.05, 0.1) is 0 Å². The van der Waals surface area contributed by atoms with Crippen molar-refractivity contribution in [2.24, 2.45) is 5.92 Å². The zero-order valence-electron chi connectivity index (χ0n) is 12.7. The molecule has 1 aromatic rings. The summed E-state index contributed by atoms with van der Waals surface area (Å²) < 4.78 is 5.92. The van der Waals surface area contributed by atoms with Crippen LogP contribution in [0.1, 0.15) is 50.2 Å². The van der Waals surface area contributed by atoms with Crippen LogP contribution in [0.4, 0.5) is 0 Å². The Morgan fingerprint density at radius 1 is 1.43 bits per heavy atom. The Kier molecular flexibility index (Phi) is 3.62. The molecule has 0 saturated heterocycles. The van der Waals surface area contributed by atoms with Crippen LogP contribution < -0.4 is 4.74 Å². The second kappa shape index (κ2) is 5.44. The molecule has 0 spiro atoms. The number of phenols is 1. The monoisotopic (exact) mass is 282 g/mol. The topological polar surface area (TPSA) is 29.5 Å². The summed E-state index contributed by atoms with van der Waals surface area (Å²) in [5, 5.41) is 10.5. The van der Waals surface area contributed by atoms with Gasteiger partial charge in [-0.15, -0.1) is 0 Å². The maximum absolute atomic E-state index is 10.5. The van der Waals surface area contributed by atoms with Gasteiger partial charge in [-0.3, -0.25) is 0 Å². The number of aromatic hydroxyl groups is 1. The molecular weight excluding hydrogens is 260 g/mol. The van der Waals surface area contributed by atoms with E-state index in [1.807, 2.05) is 18.2 Å². The van der Waals surface area contributed by atoms with Gasteiger partial charge in [0, 0.05) is 17.4 Å². The number of benzene rings is 1. The summed E-state index contributed by atoms with van der Waals surface area (Å²) in [5.41, 5.74) is 3.27. The van der Waals surface area contributed by atoms with Gasteiger partial charge in [0.15, 0.2) is 0 Å². The van der Waals surface area contributed by atoms with Crippen LogP contribution in [-0.4, -0.2) is 5.11 Å². The molecule has 0 amide bonds. The lowest BCUT2D eigenvalue weighted by Crippen LogP contribution is -2.25. The minimum absolute atomic E-state index is 0.194. The molecule has 1 aliphatic heterocycles. The first-order valence-electron chi connectivity index (χ1n) is 7.67. The Labute approximate surface area is 126 Å². The summed E-state index contributed by atoms with van der Waals surface area (Å²) in [7, 11) is 0. The fourth-order valence-corrected chi connectivity index (χ4v) is 3.33. The maximum atomic E-state index is 10.5. The van der Waals surface area contributed by atoms with Gasteiger partial charge in [0.25, 0.3) is 0 Å². The Balaban J connectivity index is 2.10. The van der Waals surface area contributed by atoms with Crippen molar-refractivity contribution < 1.29 is 9.84 Å². The number of rotatable bonds is 2. The van der Waals surface area contributed by atoms with Gasteiger partial charge in [0.2, 0.25) is 0 Å². The Bertz CT molecular complexity index is 637. The van der Waals surface area contributed by atoms with Gasteiger partial charge in [-0.25, -0.2) is 0 Å². The van der Waals surface area contributed by atoms with Gasteiger partial charge < -0.3 is 9.84 Å². The second-order valence-electron chi connectivity index (χ2n) is 6.01. The van der Waals surface area contributed by atoms with E-state index < -0.39 is 0 Å². The van der Waals surface area contributed by atoms with Crippen molar-refractivity contribution in [2.45, 2.75) is 39.0 Å². The summed E-state index contributed by atoms with van der Waals surface area (Å²) in [5.74, 6) is 2.38. The van der Waals surface area contributed by atoms with E-state index in [0.29, 0.717) is 5.75 Å². The largest absolute Gasteiger partial charge is 0.507 e. The molecule has 1 heterocycles. The van der Waals surface area contributed by atoms with Gasteiger partial charge in [-0.05, 0) is 43.9 Å². The van der Waals surface area contributed by atoms with Crippen LogP contribution in [0.3, 0.4) is 0 Å². The van der Waals surface area contributed by atoms with Gasteiger partial charge in [-0.1, -0.05) is 37.3 Å². The minimum Gasteiger partial charge on any atom is -0.507 e. The number of hydrogen-bond acceptors (Lipinski definition) is 2. The van der Waals surface area contributed by atoms with Gasteiger partial charge >= 0.3 is 0 Å². The zero-order chi connectivity index (χ0) is 15.0. The van der Waals surface area contributed by atoms with Crippen molar-refractivity contribution in [2.75, 3.05) is 0 Å². The summed E-state index contributed by atoms with van der Waals surface area (Å²) >= 11 is 0. The van der Waals surface area contributed by atoms with Crippen molar-refractivity contribution in [3.05, 3.63) is 53.3 Å². The van der Waals surface area contributed by atoms with Crippen LogP contribution in [0, 0.1) is 5.92 Å². The predicted octanol–water partition coefficient (Wildman–Crippen LogP) is 5.16. The highest BCUT2D eigenvalue weighted by atomic mass is 16.5. The minimum atomic E-state index is 0.194. The molecule has 110 valence electrons. The Morgan fingerprint density at radius 3 is 3.00 bits per heavy atom. The molecule has 0 radical (unpaired) electrons. The molecule has 2 atom stereocenters. The zero-order valence-corrected chi connectivity index (χ0v) is 12.7. The molecule has 0 unspecified atom stereocenters. The number of hydrogen-bond donors (Lipinski definition) is 1. The Hall–Kier alpha value is -1.96. The highest BCUT2D eigenvalue weighted by Crippen LogP contribution is 2.51. The number of ether oxygens (including phenoxy) is 1. The normalized spacial score (nSPS) is 24.3. The van der Waals surface area contributed by atoms with Crippen molar-refractivity contribution in [1.82, 2.24) is 0 Å². The van der Waals surface area contributed by atoms with E-state index in [-0.39, 0.29) is 11.8 Å². The lowest BCUT2D eigenvalue weighted by molar-refractivity contribution is 0.275. The molecule has 1 N–H and O–H groups in total. The number of allylic oxidation sites excluding steroid dienone is 4. The number of phenolic OH excluding ortho intramolecular Hbond substituents is 1. The fraction of sp³-hybridized carbons (Fsp3) is 0.368. The molecule has 1 aliphatic carbocycles. The summed E-state index contributed by atoms with van der Waals surface area (Å²) in [6.45, 7) is 8.34. The van der Waals surface area contributed by atoms with Gasteiger partial charge in [-0.2, -0.15) is 0 Å². The molecule has 21 heavy (non-hydrogen) atoms. The van der Waals surface area contributed by atoms with E-state index in [1.165, 1.54) is 5.57 Å². The van der Waals surface area contributed by atoms with E-state index in [1.54, 1.807) is 0 Å². The van der Waals surface area contributed by atoms with Crippen molar-refractivity contribution in [3.8, 4) is 11.5 Å². The second-order valence-corrected chi connectivity index (χ2v) is 6.01. The predicted molar refractivity (Wildman–Crippen MR) is 86.4 cm³/mol. The van der Waals surface area contributed by atoms with Crippen molar-refractivity contribution in [3.63, 3.8) is 0 Å². The van der Waals surface area contributed by atoms with Crippen molar-refractivity contribution >= 4 is 6.08 Å². The highest BCUT2D eigenvalue weighted by molar-refractivity contribution is 5.61. The van der Waals surface area contributed by atoms with E-state index in [9.17, 15) is 5.11 Å². The molecule has 1 aromatic carbocycles. The van der Waals surface area contributed by atoms with Crippen LogP contribution in [-0.2, 0) is 0 Å². The van der Waals surface area contributed by atoms with Gasteiger partial charge in [0.1, 0.15) is 17.3 Å². The van der Waals surface area contributed by atoms with E-state index >= 15 is 0 Å². The molecule has 3 rings (SSSR count). The third-order valence-corrected chi connectivity index (χ3v) is 4.42. The van der Waals surface area contributed by atoms with Crippen LogP contribution in [0.2, 0.25) is 0 Å². The third kappa shape index (κ3) is 2.51. The fourth-order valence-electron chi connectivity index (χ4n) is 3.33. The summed E-state index contributed by atoms with van der Waals surface area (Å²) in [4.78, 5) is 0. The molecule has 2 aliphatic rings. The lowest BCUT2D eigenvalue weighted by atomic mass is 9.74. The smallest absolute Gasteiger partial charge is 0.135 e. The van der Waals surface area contributed by atoms with Crippen LogP contribution >= 0.6 is 0 Å². The van der Waals surface area contributed by atoms with Crippen molar-refractivity contribution in [1.29, 1.82) is 0 Å². The van der Waals surface area contributed by atoms with Crippen LogP contribution in [0.5, 0.6) is 11.5 Å². The molecule has 0 bridgehead atoms. The van der Waals surface area contributed by atoms with Crippen LogP contribution in [0.25, 0.3) is 6.08 Å². The van der Waals surface area contributed by atoms with E-state index in [2.05, 4.69) is 32.6 Å². The first-order valence-corrected chi connectivity index (χ1v) is 7.67. The quantitative estimate of drug-likeness (QED) is 0.759. The standard InChI is InChI=1S/C19H22O2/c1-4-5-6-14-10-17(20)19-16-9-12(2)7-8-15(16)13(3)21-18(19)11-14/h5-6,9-11,15-16,20H,3-4,7-8H2,1-2H3/b6-5+/t15-,16+/m0/s1. The lowest BCUT2D eigenvalue weighted by Gasteiger charge is -2.36. The average Bonchev–Trinajstić information content (AvgIpc) is 2.44. The molecule has 0 saturated carbocycles. The first kappa shape index (κ1) is 14.0. The molecule has 0 fully saturated rings. The maximum Gasteiger partial charge on any atom is 0.135 e. The molecule has 2 heteroatoms. The van der Waals surface area contributed by atoms with E-state index in [0.717, 1.165) is 41.9 Å². The highest BCUT2D eigenvalue weighted by Gasteiger charge is 2.36. The number of fused-ring (bicyclic) bond motifs is 3. The first-order chi connectivity index (χ1) is 10.1. The molecule has 2 nitrogen and oxygen atoms in total. The molecular formula is C19H22O2. The Morgan fingerprint density at radius 2 is 2.24 bits per heavy atom. The van der Waals surface area contributed by atoms with Crippen LogP contribution in [0.15, 0.2) is 42.2 Å². The summed E-state index contributed by atoms with van der Waals surface area (Å²) in [6, 6.07) is 3.83.